The molecule has 6 heteroatoms. The molecule has 0 saturated heterocycles. The van der Waals surface area contributed by atoms with Crippen molar-refractivity contribution in [1.29, 1.82) is 0 Å². The maximum atomic E-state index is 10.9. The number of hydrogen-bond acceptors (Lipinski definition) is 4. The van der Waals surface area contributed by atoms with Crippen molar-refractivity contribution < 1.29 is 9.90 Å². The van der Waals surface area contributed by atoms with Crippen molar-refractivity contribution in [3.05, 3.63) is 52.3 Å². The zero-order valence-corrected chi connectivity index (χ0v) is 11.8. The van der Waals surface area contributed by atoms with Crippen LogP contribution >= 0.6 is 15.9 Å². The number of aromatic nitrogens is 2. The van der Waals surface area contributed by atoms with Gasteiger partial charge in [-0.05, 0) is 23.8 Å². The van der Waals surface area contributed by atoms with E-state index in [-0.39, 0.29) is 5.69 Å². The van der Waals surface area contributed by atoms with Gasteiger partial charge in [-0.1, -0.05) is 28.1 Å². The van der Waals surface area contributed by atoms with E-state index in [1.54, 1.807) is 4.90 Å². The van der Waals surface area contributed by atoms with Crippen molar-refractivity contribution in [2.24, 2.45) is 0 Å². The SMILES string of the molecule is CN(Cc1ccc(Br)cc1)c1nccc(C(=O)O)n1. The summed E-state index contributed by atoms with van der Waals surface area (Å²) in [5, 5.41) is 8.90. The molecule has 1 N–H and O–H groups in total. The minimum absolute atomic E-state index is 0.00680. The third kappa shape index (κ3) is 3.51. The van der Waals surface area contributed by atoms with Gasteiger partial charge >= 0.3 is 5.97 Å². The van der Waals surface area contributed by atoms with E-state index in [1.807, 2.05) is 31.3 Å². The Labute approximate surface area is 119 Å². The van der Waals surface area contributed by atoms with Crippen LogP contribution < -0.4 is 4.90 Å². The minimum atomic E-state index is -1.05. The smallest absolute Gasteiger partial charge is 0.354 e. The number of aromatic carboxylic acids is 1. The van der Waals surface area contributed by atoms with Crippen molar-refractivity contribution in [2.75, 3.05) is 11.9 Å². The Hall–Kier alpha value is -1.95. The number of carboxylic acid groups (broad SMARTS) is 1. The van der Waals surface area contributed by atoms with Crippen LogP contribution in [-0.4, -0.2) is 28.1 Å². The number of benzene rings is 1. The van der Waals surface area contributed by atoms with Crippen LogP contribution in [0.15, 0.2) is 41.0 Å². The molecule has 2 aromatic rings. The Morgan fingerprint density at radius 1 is 1.32 bits per heavy atom. The molecule has 98 valence electrons. The molecule has 1 aromatic heterocycles. The van der Waals surface area contributed by atoms with E-state index in [4.69, 9.17) is 5.11 Å². The molecule has 19 heavy (non-hydrogen) atoms. The lowest BCUT2D eigenvalue weighted by Gasteiger charge is -2.17. The molecule has 0 saturated carbocycles. The number of hydrogen-bond donors (Lipinski definition) is 1. The first-order valence-corrected chi connectivity index (χ1v) is 6.37. The van der Waals surface area contributed by atoms with Crippen LogP contribution in [0.3, 0.4) is 0 Å². The summed E-state index contributed by atoms with van der Waals surface area (Å²) in [6.07, 6.45) is 1.45. The second-order valence-electron chi connectivity index (χ2n) is 4.03. The lowest BCUT2D eigenvalue weighted by Crippen LogP contribution is -2.20. The zero-order chi connectivity index (χ0) is 13.8. The number of halogens is 1. The van der Waals surface area contributed by atoms with Crippen LogP contribution in [0.1, 0.15) is 16.1 Å². The first kappa shape index (κ1) is 13.5. The van der Waals surface area contributed by atoms with Crippen molar-refractivity contribution in [3.63, 3.8) is 0 Å². The number of rotatable bonds is 4. The first-order chi connectivity index (χ1) is 9.06. The normalized spacial score (nSPS) is 10.2. The summed E-state index contributed by atoms with van der Waals surface area (Å²) >= 11 is 3.38. The third-order valence-electron chi connectivity index (χ3n) is 2.54. The maximum absolute atomic E-state index is 10.9. The average molecular weight is 322 g/mol. The third-order valence-corrected chi connectivity index (χ3v) is 3.07. The Morgan fingerprint density at radius 2 is 2.00 bits per heavy atom. The maximum Gasteiger partial charge on any atom is 0.354 e. The molecule has 1 aromatic carbocycles. The lowest BCUT2D eigenvalue weighted by atomic mass is 10.2. The number of carbonyl (C=O) groups is 1. The molecular weight excluding hydrogens is 310 g/mol. The fourth-order valence-corrected chi connectivity index (χ4v) is 1.85. The van der Waals surface area contributed by atoms with Gasteiger partial charge in [-0.2, -0.15) is 0 Å². The second-order valence-corrected chi connectivity index (χ2v) is 4.95. The molecule has 0 amide bonds. The van der Waals surface area contributed by atoms with E-state index in [0.717, 1.165) is 10.0 Å². The molecule has 1 heterocycles. The summed E-state index contributed by atoms with van der Waals surface area (Å²) in [5.41, 5.74) is 1.09. The molecule has 0 unspecified atom stereocenters. The van der Waals surface area contributed by atoms with Crippen molar-refractivity contribution in [3.8, 4) is 0 Å². The Balaban J connectivity index is 2.15. The van der Waals surface area contributed by atoms with Gasteiger partial charge in [-0.25, -0.2) is 14.8 Å². The fourth-order valence-electron chi connectivity index (χ4n) is 1.59. The van der Waals surface area contributed by atoms with Crippen molar-refractivity contribution in [2.45, 2.75) is 6.54 Å². The molecule has 0 bridgehead atoms. The molecule has 0 aliphatic heterocycles. The second kappa shape index (κ2) is 5.79. The minimum Gasteiger partial charge on any atom is -0.477 e. The topological polar surface area (TPSA) is 66.3 Å². The monoisotopic (exact) mass is 321 g/mol. The van der Waals surface area contributed by atoms with Gasteiger partial charge in [0.1, 0.15) is 0 Å². The summed E-state index contributed by atoms with van der Waals surface area (Å²) in [6, 6.07) is 9.26. The molecule has 0 aliphatic carbocycles. The van der Waals surface area contributed by atoms with E-state index >= 15 is 0 Å². The molecule has 0 aliphatic rings. The number of anilines is 1. The van der Waals surface area contributed by atoms with E-state index in [1.165, 1.54) is 12.3 Å². The van der Waals surface area contributed by atoms with Crippen molar-refractivity contribution in [1.82, 2.24) is 9.97 Å². The van der Waals surface area contributed by atoms with Gasteiger partial charge in [0, 0.05) is 24.3 Å². The highest BCUT2D eigenvalue weighted by Gasteiger charge is 2.09. The number of carboxylic acids is 1. The van der Waals surface area contributed by atoms with Crippen LogP contribution in [0, 0.1) is 0 Å². The molecule has 5 nitrogen and oxygen atoms in total. The van der Waals surface area contributed by atoms with E-state index in [9.17, 15) is 4.79 Å². The molecular formula is C13H12BrN3O2. The summed E-state index contributed by atoms with van der Waals surface area (Å²) in [5.74, 6) is -0.663. The summed E-state index contributed by atoms with van der Waals surface area (Å²) in [7, 11) is 1.82. The van der Waals surface area contributed by atoms with Crippen LogP contribution in [0.4, 0.5) is 5.95 Å². The zero-order valence-electron chi connectivity index (χ0n) is 10.2. The van der Waals surface area contributed by atoms with Gasteiger partial charge in [0.2, 0.25) is 5.95 Å². The number of nitrogens with zero attached hydrogens (tertiary/aromatic N) is 3. The fraction of sp³-hybridized carbons (Fsp3) is 0.154. The van der Waals surface area contributed by atoms with E-state index < -0.39 is 5.97 Å². The van der Waals surface area contributed by atoms with Crippen LogP contribution in [0.25, 0.3) is 0 Å². The molecule has 0 spiro atoms. The molecule has 0 atom stereocenters. The van der Waals surface area contributed by atoms with Crippen LogP contribution in [0.2, 0.25) is 0 Å². The van der Waals surface area contributed by atoms with Crippen molar-refractivity contribution >= 4 is 27.8 Å². The highest BCUT2D eigenvalue weighted by Crippen LogP contribution is 2.14. The first-order valence-electron chi connectivity index (χ1n) is 5.58. The molecule has 0 fully saturated rings. The highest BCUT2D eigenvalue weighted by atomic mass is 79.9. The lowest BCUT2D eigenvalue weighted by molar-refractivity contribution is 0.0690. The summed E-state index contributed by atoms with van der Waals surface area (Å²) in [6.45, 7) is 0.607. The average Bonchev–Trinajstić information content (AvgIpc) is 2.41. The highest BCUT2D eigenvalue weighted by molar-refractivity contribution is 9.10. The van der Waals surface area contributed by atoms with Gasteiger partial charge in [0.05, 0.1) is 0 Å². The molecule has 2 rings (SSSR count). The van der Waals surface area contributed by atoms with Gasteiger partial charge in [0.15, 0.2) is 5.69 Å². The van der Waals surface area contributed by atoms with E-state index in [2.05, 4.69) is 25.9 Å². The van der Waals surface area contributed by atoms with Gasteiger partial charge in [0.25, 0.3) is 0 Å². The van der Waals surface area contributed by atoms with Crippen LogP contribution in [0.5, 0.6) is 0 Å². The van der Waals surface area contributed by atoms with E-state index in [0.29, 0.717) is 12.5 Å². The Bertz CT molecular complexity index is 587. The largest absolute Gasteiger partial charge is 0.477 e. The van der Waals surface area contributed by atoms with Gasteiger partial charge in [-0.15, -0.1) is 0 Å². The van der Waals surface area contributed by atoms with Gasteiger partial charge in [-0.3, -0.25) is 0 Å². The standard InChI is InChI=1S/C13H12BrN3O2/c1-17(8-9-2-4-10(14)5-3-9)13-15-7-6-11(16-13)12(18)19/h2-7H,8H2,1H3,(H,18,19). The Kier molecular flexibility index (Phi) is 4.11. The predicted octanol–water partition coefficient (Wildman–Crippen LogP) is 2.57. The van der Waals surface area contributed by atoms with Gasteiger partial charge < -0.3 is 10.0 Å². The predicted molar refractivity (Wildman–Crippen MR) is 75.2 cm³/mol. The molecule has 0 radical (unpaired) electrons. The quantitative estimate of drug-likeness (QED) is 0.937. The Morgan fingerprint density at radius 3 is 2.63 bits per heavy atom. The summed E-state index contributed by atoms with van der Waals surface area (Å²) in [4.78, 5) is 20.7. The summed E-state index contributed by atoms with van der Waals surface area (Å²) < 4.78 is 1.02. The van der Waals surface area contributed by atoms with Crippen LogP contribution in [-0.2, 0) is 6.54 Å².